The fourth-order valence-electron chi connectivity index (χ4n) is 1.48. The molecule has 0 radical (unpaired) electrons. The Bertz CT molecular complexity index is 730. The summed E-state index contributed by atoms with van der Waals surface area (Å²) < 4.78 is 0.617. The molecule has 3 rings (SSSR count). The van der Waals surface area contributed by atoms with Crippen LogP contribution in [0.5, 0.6) is 0 Å². The van der Waals surface area contributed by atoms with E-state index < -0.39 is 0 Å². The number of thiazole rings is 1. The Morgan fingerprint density at radius 2 is 2.00 bits per heavy atom. The van der Waals surface area contributed by atoms with Gasteiger partial charge in [-0.05, 0) is 12.1 Å². The molecule has 0 aliphatic heterocycles. The normalized spacial score (nSPS) is 10.9. The molecule has 0 saturated carbocycles. The van der Waals surface area contributed by atoms with Crippen molar-refractivity contribution in [3.8, 4) is 10.6 Å². The number of rotatable bonds is 1. The van der Waals surface area contributed by atoms with Crippen molar-refractivity contribution < 1.29 is 0 Å². The fraction of sp³-hybridized carbons (Fsp3) is 0. The molecule has 1 N–H and O–H groups in total. The quantitative estimate of drug-likeness (QED) is 0.683. The summed E-state index contributed by atoms with van der Waals surface area (Å²) in [5.74, 6) is 0. The Kier molecular flexibility index (Phi) is 2.66. The highest BCUT2D eigenvalue weighted by Gasteiger charge is 2.07. The van der Waals surface area contributed by atoms with Crippen LogP contribution in [0.4, 0.5) is 0 Å². The molecule has 0 fully saturated rings. The van der Waals surface area contributed by atoms with Crippen molar-refractivity contribution in [3.05, 3.63) is 40.3 Å². The lowest BCUT2D eigenvalue weighted by Crippen LogP contribution is -1.79. The molecular weight excluding hydrogens is 274 g/mol. The number of H-pyrrole nitrogens is 1. The summed E-state index contributed by atoms with van der Waals surface area (Å²) in [6.45, 7) is 0. The van der Waals surface area contributed by atoms with Gasteiger partial charge >= 0.3 is 0 Å². The Morgan fingerprint density at radius 3 is 2.71 bits per heavy atom. The van der Waals surface area contributed by atoms with Gasteiger partial charge in [0, 0.05) is 10.6 Å². The van der Waals surface area contributed by atoms with E-state index in [-0.39, 0.29) is 0 Å². The largest absolute Gasteiger partial charge is 0.336 e. The molecule has 0 aliphatic rings. The molecule has 0 amide bonds. The lowest BCUT2D eigenvalue weighted by atomic mass is 10.2. The smallest absolute Gasteiger partial charge is 0.148 e. The topological polar surface area (TPSA) is 41.6 Å². The van der Waals surface area contributed by atoms with Gasteiger partial charge < -0.3 is 4.98 Å². The molecule has 3 nitrogen and oxygen atoms in total. The third-order valence-corrected chi connectivity index (χ3v) is 3.87. The highest BCUT2D eigenvalue weighted by atomic mass is 35.5. The van der Waals surface area contributed by atoms with Gasteiger partial charge in [-0.15, -0.1) is 0 Å². The van der Waals surface area contributed by atoms with Gasteiger partial charge in [-0.2, -0.15) is 0 Å². The molecule has 1 aromatic carbocycles. The zero-order chi connectivity index (χ0) is 11.8. The molecule has 2 aromatic heterocycles. The van der Waals surface area contributed by atoms with Gasteiger partial charge in [-0.3, -0.25) is 0 Å². The summed E-state index contributed by atoms with van der Waals surface area (Å²) in [6.07, 6.45) is 1.59. The summed E-state index contributed by atoms with van der Waals surface area (Å²) >= 11 is 12.5. The Labute approximate surface area is 111 Å². The van der Waals surface area contributed by atoms with Crippen LogP contribution in [0.25, 0.3) is 20.9 Å². The number of hydrogen-bond donors (Lipinski definition) is 1. The molecular formula is C11H6ClN3S2. The average molecular weight is 280 g/mol. The van der Waals surface area contributed by atoms with E-state index in [1.54, 1.807) is 6.33 Å². The van der Waals surface area contributed by atoms with Gasteiger partial charge in [0.05, 0.1) is 6.33 Å². The molecule has 2 heterocycles. The molecule has 0 saturated heterocycles. The number of nitrogens with zero attached hydrogens (tertiary/aromatic N) is 2. The zero-order valence-electron chi connectivity index (χ0n) is 8.48. The molecule has 0 atom stereocenters. The minimum atomic E-state index is 0.617. The first kappa shape index (κ1) is 10.8. The Morgan fingerprint density at radius 1 is 1.24 bits per heavy atom. The molecule has 6 heteroatoms. The average Bonchev–Trinajstić information content (AvgIpc) is 2.75. The molecule has 84 valence electrons. The van der Waals surface area contributed by atoms with Crippen LogP contribution in [0.2, 0.25) is 5.02 Å². The number of aromatic amines is 1. The number of aromatic nitrogens is 3. The molecule has 0 unspecified atom stereocenters. The Balaban J connectivity index is 2.21. The van der Waals surface area contributed by atoms with E-state index in [0.29, 0.717) is 9.66 Å². The molecule has 0 bridgehead atoms. The second kappa shape index (κ2) is 4.18. The van der Waals surface area contributed by atoms with E-state index in [0.717, 1.165) is 20.9 Å². The second-order valence-corrected chi connectivity index (χ2v) is 5.23. The first-order valence-corrected chi connectivity index (χ1v) is 6.44. The minimum absolute atomic E-state index is 0.617. The number of nitrogens with one attached hydrogen (secondary N) is 1. The number of halogens is 1. The van der Waals surface area contributed by atoms with E-state index >= 15 is 0 Å². The van der Waals surface area contributed by atoms with E-state index in [1.165, 1.54) is 11.3 Å². The summed E-state index contributed by atoms with van der Waals surface area (Å²) in [4.78, 5) is 12.4. The predicted octanol–water partition coefficient (Wildman–Crippen LogP) is 4.07. The second-order valence-electron chi connectivity index (χ2n) is 3.41. The maximum Gasteiger partial charge on any atom is 0.148 e. The fourth-order valence-corrected chi connectivity index (χ4v) is 2.79. The van der Waals surface area contributed by atoms with Crippen molar-refractivity contribution in [1.82, 2.24) is 15.0 Å². The van der Waals surface area contributed by atoms with Crippen LogP contribution in [-0.2, 0) is 0 Å². The van der Waals surface area contributed by atoms with Gasteiger partial charge in [-0.25, -0.2) is 9.97 Å². The maximum atomic E-state index is 5.85. The zero-order valence-corrected chi connectivity index (χ0v) is 10.9. The Hall–Kier alpha value is -1.30. The van der Waals surface area contributed by atoms with Gasteiger partial charge in [-0.1, -0.05) is 47.3 Å². The van der Waals surface area contributed by atoms with Gasteiger partial charge in [0.25, 0.3) is 0 Å². The van der Waals surface area contributed by atoms with E-state index in [4.69, 9.17) is 23.8 Å². The number of fused-ring (bicyclic) bond motifs is 1. The third-order valence-electron chi connectivity index (χ3n) is 2.29. The van der Waals surface area contributed by atoms with E-state index in [2.05, 4.69) is 15.0 Å². The summed E-state index contributed by atoms with van der Waals surface area (Å²) in [7, 11) is 0. The highest BCUT2D eigenvalue weighted by Crippen LogP contribution is 2.29. The molecule has 0 aliphatic carbocycles. The van der Waals surface area contributed by atoms with E-state index in [9.17, 15) is 0 Å². The van der Waals surface area contributed by atoms with Crippen molar-refractivity contribution in [2.45, 2.75) is 0 Å². The van der Waals surface area contributed by atoms with Crippen LogP contribution in [0, 0.1) is 4.64 Å². The van der Waals surface area contributed by atoms with Crippen LogP contribution >= 0.6 is 35.2 Å². The molecule has 0 spiro atoms. The maximum absolute atomic E-state index is 5.85. The van der Waals surface area contributed by atoms with Gasteiger partial charge in [0.1, 0.15) is 20.0 Å². The highest BCUT2D eigenvalue weighted by molar-refractivity contribution is 7.71. The molecule has 3 aromatic rings. The van der Waals surface area contributed by atoms with Gasteiger partial charge in [0.2, 0.25) is 0 Å². The molecule has 17 heavy (non-hydrogen) atoms. The number of benzene rings is 1. The van der Waals surface area contributed by atoms with Crippen molar-refractivity contribution in [2.75, 3.05) is 0 Å². The van der Waals surface area contributed by atoms with Crippen LogP contribution < -0.4 is 0 Å². The van der Waals surface area contributed by atoms with Crippen LogP contribution in [-0.4, -0.2) is 15.0 Å². The summed E-state index contributed by atoms with van der Waals surface area (Å²) in [5.41, 5.74) is 1.77. The number of hydrogen-bond acceptors (Lipinski definition) is 4. The standard InChI is InChI=1S/C11H6ClN3S2/c12-7-3-1-6(2-4-7)10-15-8-9(16)13-5-14-11(8)17-10/h1-5H,(H,13,14,16). The minimum Gasteiger partial charge on any atom is -0.336 e. The third kappa shape index (κ3) is 1.97. The summed E-state index contributed by atoms with van der Waals surface area (Å²) in [5, 5.41) is 1.61. The van der Waals surface area contributed by atoms with Crippen LogP contribution in [0.1, 0.15) is 0 Å². The first-order valence-electron chi connectivity index (χ1n) is 4.84. The predicted molar refractivity (Wildman–Crippen MR) is 73.0 cm³/mol. The SMILES string of the molecule is S=c1[nH]cnc2sc(-c3ccc(Cl)cc3)nc12. The first-order chi connectivity index (χ1) is 8.24. The lowest BCUT2D eigenvalue weighted by molar-refractivity contribution is 1.20. The van der Waals surface area contributed by atoms with Crippen molar-refractivity contribution >= 4 is 45.5 Å². The van der Waals surface area contributed by atoms with Gasteiger partial charge in [0.15, 0.2) is 0 Å². The summed E-state index contributed by atoms with van der Waals surface area (Å²) in [6, 6.07) is 7.56. The lowest BCUT2D eigenvalue weighted by Gasteiger charge is -1.94. The monoisotopic (exact) mass is 279 g/mol. The van der Waals surface area contributed by atoms with Crippen LogP contribution in [0.15, 0.2) is 30.6 Å². The van der Waals surface area contributed by atoms with Crippen molar-refractivity contribution in [1.29, 1.82) is 0 Å². The van der Waals surface area contributed by atoms with Crippen molar-refractivity contribution in [3.63, 3.8) is 0 Å². The van der Waals surface area contributed by atoms with Crippen molar-refractivity contribution in [2.24, 2.45) is 0 Å². The van der Waals surface area contributed by atoms with Crippen LogP contribution in [0.3, 0.4) is 0 Å². The van der Waals surface area contributed by atoms with E-state index in [1.807, 2.05) is 24.3 Å².